The number of piperidine rings is 1. The fourth-order valence-electron chi connectivity index (χ4n) is 2.48. The number of aromatic nitrogens is 2. The molecule has 1 aromatic heterocycles. The monoisotopic (exact) mass is 323 g/mol. The molecule has 1 atom stereocenters. The Balaban J connectivity index is 1.65. The van der Waals surface area contributed by atoms with Gasteiger partial charge in [0.1, 0.15) is 0 Å². The minimum atomic E-state index is -0.176. The molecule has 2 heterocycles. The number of benzene rings is 1. The van der Waals surface area contributed by atoms with Crippen molar-refractivity contribution in [2.45, 2.75) is 42.4 Å². The molecule has 0 spiro atoms. The van der Waals surface area contributed by atoms with Crippen LogP contribution in [0.2, 0.25) is 5.02 Å². The van der Waals surface area contributed by atoms with Gasteiger partial charge in [-0.25, -0.2) is 0 Å². The molecule has 112 valence electrons. The average molecular weight is 324 g/mol. The molecule has 0 amide bonds. The lowest BCUT2D eigenvalue weighted by Crippen LogP contribution is -2.43. The second-order valence-corrected chi connectivity index (χ2v) is 6.96. The Morgan fingerprint density at radius 2 is 2.33 bits per heavy atom. The summed E-state index contributed by atoms with van der Waals surface area (Å²) in [5.74, 6) is 2.10. The minimum absolute atomic E-state index is 0.176. The zero-order valence-electron chi connectivity index (χ0n) is 11.9. The number of rotatable bonds is 4. The van der Waals surface area contributed by atoms with Crippen molar-refractivity contribution in [3.63, 3.8) is 0 Å². The Labute approximate surface area is 133 Å². The summed E-state index contributed by atoms with van der Waals surface area (Å²) in [6, 6.07) is 7.78. The van der Waals surface area contributed by atoms with Crippen molar-refractivity contribution in [3.8, 4) is 0 Å². The van der Waals surface area contributed by atoms with Gasteiger partial charge in [0.25, 0.3) is 0 Å². The number of nitrogens with one attached hydrogen (secondary N) is 1. The summed E-state index contributed by atoms with van der Waals surface area (Å²) in [5.41, 5.74) is -0.176. The second kappa shape index (κ2) is 6.38. The summed E-state index contributed by atoms with van der Waals surface area (Å²) in [6.45, 7) is 3.14. The van der Waals surface area contributed by atoms with Gasteiger partial charge in [0.15, 0.2) is 5.82 Å². The fourth-order valence-corrected chi connectivity index (χ4v) is 3.53. The highest BCUT2D eigenvalue weighted by Gasteiger charge is 2.34. The van der Waals surface area contributed by atoms with Crippen molar-refractivity contribution in [1.82, 2.24) is 15.5 Å². The van der Waals surface area contributed by atoms with Crippen molar-refractivity contribution in [2.24, 2.45) is 0 Å². The van der Waals surface area contributed by atoms with E-state index in [2.05, 4.69) is 22.4 Å². The molecular weight excluding hydrogens is 306 g/mol. The number of thioether (sulfide) groups is 1. The third kappa shape index (κ3) is 3.59. The van der Waals surface area contributed by atoms with Crippen LogP contribution in [0.25, 0.3) is 0 Å². The minimum Gasteiger partial charge on any atom is -0.337 e. The third-order valence-electron chi connectivity index (χ3n) is 3.72. The summed E-state index contributed by atoms with van der Waals surface area (Å²) in [7, 11) is 0. The summed E-state index contributed by atoms with van der Waals surface area (Å²) in [6.07, 6.45) is 3.44. The molecule has 1 aromatic carbocycles. The van der Waals surface area contributed by atoms with Gasteiger partial charge in [-0.3, -0.25) is 0 Å². The maximum atomic E-state index is 5.98. The van der Waals surface area contributed by atoms with Crippen molar-refractivity contribution in [2.75, 3.05) is 6.54 Å². The van der Waals surface area contributed by atoms with E-state index in [0.717, 1.165) is 28.7 Å². The van der Waals surface area contributed by atoms with Gasteiger partial charge in [0, 0.05) is 9.92 Å². The lowest BCUT2D eigenvalue weighted by atomic mass is 9.91. The van der Waals surface area contributed by atoms with Crippen molar-refractivity contribution in [3.05, 3.63) is 41.0 Å². The quantitative estimate of drug-likeness (QED) is 0.862. The van der Waals surface area contributed by atoms with E-state index in [4.69, 9.17) is 16.1 Å². The van der Waals surface area contributed by atoms with Gasteiger partial charge in [0.2, 0.25) is 5.89 Å². The highest BCUT2D eigenvalue weighted by atomic mass is 35.5. The van der Waals surface area contributed by atoms with E-state index >= 15 is 0 Å². The topological polar surface area (TPSA) is 51.0 Å². The van der Waals surface area contributed by atoms with E-state index in [0.29, 0.717) is 11.6 Å². The molecule has 0 aliphatic carbocycles. The Kier molecular flexibility index (Phi) is 4.52. The SMILES string of the molecule is CC1(c2nc(CSc3cccc(Cl)c3)no2)CCCCN1. The molecule has 1 fully saturated rings. The van der Waals surface area contributed by atoms with E-state index in [1.54, 1.807) is 11.8 Å². The van der Waals surface area contributed by atoms with E-state index < -0.39 is 0 Å². The summed E-state index contributed by atoms with van der Waals surface area (Å²) in [4.78, 5) is 5.66. The van der Waals surface area contributed by atoms with E-state index in [1.165, 1.54) is 12.8 Å². The van der Waals surface area contributed by atoms with Gasteiger partial charge < -0.3 is 9.84 Å². The largest absolute Gasteiger partial charge is 0.337 e. The van der Waals surface area contributed by atoms with Crippen LogP contribution in [0.4, 0.5) is 0 Å². The third-order valence-corrected chi connectivity index (χ3v) is 4.95. The van der Waals surface area contributed by atoms with Gasteiger partial charge >= 0.3 is 0 Å². The summed E-state index contributed by atoms with van der Waals surface area (Å²) >= 11 is 7.64. The van der Waals surface area contributed by atoms with Crippen LogP contribution < -0.4 is 5.32 Å². The molecule has 2 aromatic rings. The smallest absolute Gasteiger partial charge is 0.246 e. The van der Waals surface area contributed by atoms with E-state index in [-0.39, 0.29) is 5.54 Å². The molecule has 4 nitrogen and oxygen atoms in total. The van der Waals surface area contributed by atoms with Gasteiger partial charge in [-0.15, -0.1) is 11.8 Å². The molecule has 1 unspecified atom stereocenters. The molecule has 6 heteroatoms. The van der Waals surface area contributed by atoms with Crippen LogP contribution in [-0.2, 0) is 11.3 Å². The number of nitrogens with zero attached hydrogens (tertiary/aromatic N) is 2. The molecule has 1 aliphatic heterocycles. The van der Waals surface area contributed by atoms with Crippen LogP contribution in [-0.4, -0.2) is 16.7 Å². The highest BCUT2D eigenvalue weighted by molar-refractivity contribution is 7.98. The Morgan fingerprint density at radius 1 is 1.43 bits per heavy atom. The highest BCUT2D eigenvalue weighted by Crippen LogP contribution is 2.30. The average Bonchev–Trinajstić information content (AvgIpc) is 2.96. The standard InChI is InChI=1S/C15H18ClN3OS/c1-15(7-2-3-8-17-15)14-18-13(19-20-14)10-21-12-6-4-5-11(16)9-12/h4-6,9,17H,2-3,7-8,10H2,1H3. The van der Waals surface area contributed by atoms with E-state index in [1.807, 2.05) is 24.3 Å². The van der Waals surface area contributed by atoms with Gasteiger partial charge in [-0.05, 0) is 50.9 Å². The molecule has 3 rings (SSSR count). The maximum Gasteiger partial charge on any atom is 0.246 e. The van der Waals surface area contributed by atoms with Gasteiger partial charge in [-0.2, -0.15) is 4.98 Å². The number of hydrogen-bond donors (Lipinski definition) is 1. The molecule has 0 saturated carbocycles. The lowest BCUT2D eigenvalue weighted by Gasteiger charge is -2.31. The summed E-state index contributed by atoms with van der Waals surface area (Å²) < 4.78 is 5.46. The zero-order valence-corrected chi connectivity index (χ0v) is 13.5. The first-order valence-electron chi connectivity index (χ1n) is 7.12. The van der Waals surface area contributed by atoms with Crippen LogP contribution in [0.5, 0.6) is 0 Å². The van der Waals surface area contributed by atoms with Crippen molar-refractivity contribution < 1.29 is 4.52 Å². The second-order valence-electron chi connectivity index (χ2n) is 5.48. The Bertz CT molecular complexity index is 610. The van der Waals surface area contributed by atoms with Gasteiger partial charge in [-0.1, -0.05) is 22.8 Å². The van der Waals surface area contributed by atoms with Crippen molar-refractivity contribution >= 4 is 23.4 Å². The first-order chi connectivity index (χ1) is 10.2. The first kappa shape index (κ1) is 14.9. The van der Waals surface area contributed by atoms with Crippen LogP contribution in [0.3, 0.4) is 0 Å². The Morgan fingerprint density at radius 3 is 3.10 bits per heavy atom. The predicted octanol–water partition coefficient (Wildman–Crippen LogP) is 4.00. The summed E-state index contributed by atoms with van der Waals surface area (Å²) in [5, 5.41) is 8.32. The molecule has 0 bridgehead atoms. The molecule has 1 saturated heterocycles. The van der Waals surface area contributed by atoms with Crippen LogP contribution in [0.1, 0.15) is 37.9 Å². The molecule has 1 N–H and O–H groups in total. The molecule has 1 aliphatic rings. The molecular formula is C15H18ClN3OS. The normalized spacial score (nSPS) is 22.4. The van der Waals surface area contributed by atoms with Crippen LogP contribution in [0, 0.1) is 0 Å². The lowest BCUT2D eigenvalue weighted by molar-refractivity contribution is 0.206. The predicted molar refractivity (Wildman–Crippen MR) is 84.5 cm³/mol. The van der Waals surface area contributed by atoms with Crippen LogP contribution in [0.15, 0.2) is 33.7 Å². The van der Waals surface area contributed by atoms with Gasteiger partial charge in [0.05, 0.1) is 11.3 Å². The zero-order chi connectivity index (χ0) is 14.7. The molecule has 21 heavy (non-hydrogen) atoms. The first-order valence-corrected chi connectivity index (χ1v) is 8.48. The van der Waals surface area contributed by atoms with Crippen LogP contribution >= 0.6 is 23.4 Å². The Hall–Kier alpha value is -1.04. The maximum absolute atomic E-state index is 5.98. The fraction of sp³-hybridized carbons (Fsp3) is 0.467. The van der Waals surface area contributed by atoms with E-state index in [9.17, 15) is 0 Å². The number of hydrogen-bond acceptors (Lipinski definition) is 5. The number of halogens is 1. The molecule has 0 radical (unpaired) electrons. The van der Waals surface area contributed by atoms with Crippen molar-refractivity contribution in [1.29, 1.82) is 0 Å².